The van der Waals surface area contributed by atoms with Gasteiger partial charge in [0.1, 0.15) is 0 Å². The second kappa shape index (κ2) is 7.05. The van der Waals surface area contributed by atoms with E-state index in [4.69, 9.17) is 10.8 Å². The molecule has 1 aromatic heterocycles. The SMILES string of the molecule is C#CCCC1(CCC(=O)NS(=O)(=O)c2cccc(-c3nnco3)c2)N=N1. The van der Waals surface area contributed by atoms with Crippen LogP contribution in [0, 0.1) is 12.3 Å². The summed E-state index contributed by atoms with van der Waals surface area (Å²) in [5, 5.41) is 15.1. The summed E-state index contributed by atoms with van der Waals surface area (Å²) in [6.45, 7) is 0. The van der Waals surface area contributed by atoms with E-state index >= 15 is 0 Å². The van der Waals surface area contributed by atoms with E-state index in [0.717, 1.165) is 6.39 Å². The molecule has 2 aromatic rings. The van der Waals surface area contributed by atoms with Crippen LogP contribution in [0.25, 0.3) is 11.5 Å². The van der Waals surface area contributed by atoms with Crippen molar-refractivity contribution >= 4 is 15.9 Å². The number of rotatable bonds is 8. The Kier molecular flexibility index (Phi) is 4.81. The minimum absolute atomic E-state index is 0.0276. The van der Waals surface area contributed by atoms with E-state index in [-0.39, 0.29) is 17.2 Å². The van der Waals surface area contributed by atoms with Gasteiger partial charge in [-0.3, -0.25) is 4.79 Å². The van der Waals surface area contributed by atoms with Gasteiger partial charge in [-0.15, -0.1) is 22.5 Å². The second-order valence-electron chi connectivity index (χ2n) is 5.69. The molecule has 0 unspecified atom stereocenters. The number of hydrogen-bond acceptors (Lipinski definition) is 8. The molecule has 134 valence electrons. The van der Waals surface area contributed by atoms with E-state index in [1.54, 1.807) is 6.07 Å². The number of terminal acetylenes is 1. The molecule has 1 aromatic carbocycles. The second-order valence-corrected chi connectivity index (χ2v) is 7.37. The zero-order chi connectivity index (χ0) is 18.6. The van der Waals surface area contributed by atoms with Gasteiger partial charge in [-0.05, 0) is 18.2 Å². The van der Waals surface area contributed by atoms with Crippen molar-refractivity contribution < 1.29 is 17.6 Å². The molecule has 3 rings (SSSR count). The molecule has 1 amide bonds. The fourth-order valence-electron chi connectivity index (χ4n) is 2.34. The monoisotopic (exact) mass is 373 g/mol. The smallest absolute Gasteiger partial charge is 0.264 e. The van der Waals surface area contributed by atoms with Crippen molar-refractivity contribution in [1.82, 2.24) is 14.9 Å². The first-order valence-corrected chi connectivity index (χ1v) is 9.22. The van der Waals surface area contributed by atoms with Crippen LogP contribution in [0.4, 0.5) is 0 Å². The molecule has 9 nitrogen and oxygen atoms in total. The first-order chi connectivity index (χ1) is 12.4. The third kappa shape index (κ3) is 4.12. The fraction of sp³-hybridized carbons (Fsp3) is 0.312. The van der Waals surface area contributed by atoms with Gasteiger partial charge in [0.05, 0.1) is 4.90 Å². The van der Waals surface area contributed by atoms with E-state index in [1.165, 1.54) is 18.2 Å². The predicted molar refractivity (Wildman–Crippen MR) is 90.0 cm³/mol. The van der Waals surface area contributed by atoms with E-state index in [9.17, 15) is 13.2 Å². The van der Waals surface area contributed by atoms with Gasteiger partial charge in [-0.25, -0.2) is 13.1 Å². The molecule has 0 saturated heterocycles. The Morgan fingerprint density at radius 3 is 2.77 bits per heavy atom. The van der Waals surface area contributed by atoms with Gasteiger partial charge < -0.3 is 4.42 Å². The summed E-state index contributed by atoms with van der Waals surface area (Å²) in [5.41, 5.74) is -0.202. The standard InChI is InChI=1S/C16H15N5O4S/c1-2-3-8-16(20-21-16)9-7-14(22)19-26(23,24)13-6-4-5-12(10-13)15-18-17-11-25-15/h1,4-6,10-11H,3,7-9H2,(H,19,22). The summed E-state index contributed by atoms with van der Waals surface area (Å²) in [4.78, 5) is 12.0. The summed E-state index contributed by atoms with van der Waals surface area (Å²) < 4.78 is 31.9. The lowest BCUT2D eigenvalue weighted by Crippen LogP contribution is -2.31. The Hall–Kier alpha value is -3.06. The molecular weight excluding hydrogens is 358 g/mol. The van der Waals surface area contributed by atoms with Gasteiger partial charge in [0.2, 0.25) is 18.2 Å². The molecular formula is C16H15N5O4S. The Labute approximate surface area is 150 Å². The first kappa shape index (κ1) is 17.8. The van der Waals surface area contributed by atoms with Crippen LogP contribution in [-0.4, -0.2) is 30.2 Å². The van der Waals surface area contributed by atoms with Crippen LogP contribution < -0.4 is 4.72 Å². The van der Waals surface area contributed by atoms with Crippen molar-refractivity contribution in [2.45, 2.75) is 36.2 Å². The van der Waals surface area contributed by atoms with Crippen LogP contribution in [0.1, 0.15) is 25.7 Å². The summed E-state index contributed by atoms with van der Waals surface area (Å²) in [6.07, 6.45) is 7.69. The maximum absolute atomic E-state index is 12.4. The molecule has 1 aliphatic rings. The normalized spacial score (nSPS) is 14.6. The maximum Gasteiger partial charge on any atom is 0.264 e. The molecule has 1 N–H and O–H groups in total. The Bertz CT molecular complexity index is 970. The number of aromatic nitrogens is 2. The molecule has 1 aliphatic heterocycles. The number of sulfonamides is 1. The van der Waals surface area contributed by atoms with Gasteiger partial charge in [0.25, 0.3) is 10.0 Å². The number of carbonyl (C=O) groups is 1. The van der Waals surface area contributed by atoms with Gasteiger partial charge in [-0.1, -0.05) is 6.07 Å². The molecule has 0 bridgehead atoms. The van der Waals surface area contributed by atoms with Crippen molar-refractivity contribution in [3.8, 4) is 23.8 Å². The van der Waals surface area contributed by atoms with Crippen LogP contribution in [-0.2, 0) is 14.8 Å². The van der Waals surface area contributed by atoms with Crippen molar-refractivity contribution in [2.24, 2.45) is 10.2 Å². The highest BCUT2D eigenvalue weighted by atomic mass is 32.2. The number of benzene rings is 1. The molecule has 0 spiro atoms. The highest BCUT2D eigenvalue weighted by Crippen LogP contribution is 2.37. The Morgan fingerprint density at radius 1 is 1.31 bits per heavy atom. The Balaban J connectivity index is 1.63. The minimum Gasteiger partial charge on any atom is -0.423 e. The number of amides is 1. The third-order valence-electron chi connectivity index (χ3n) is 3.80. The topological polar surface area (TPSA) is 127 Å². The van der Waals surface area contributed by atoms with Gasteiger partial charge in [-0.2, -0.15) is 10.2 Å². The highest BCUT2D eigenvalue weighted by Gasteiger charge is 2.39. The van der Waals surface area contributed by atoms with E-state index in [0.29, 0.717) is 24.8 Å². The summed E-state index contributed by atoms with van der Waals surface area (Å²) in [7, 11) is -4.02. The summed E-state index contributed by atoms with van der Waals surface area (Å²) in [6, 6.07) is 5.87. The third-order valence-corrected chi connectivity index (χ3v) is 5.18. The molecule has 0 fully saturated rings. The summed E-state index contributed by atoms with van der Waals surface area (Å²) in [5.74, 6) is 2.04. The van der Waals surface area contributed by atoms with E-state index < -0.39 is 21.6 Å². The van der Waals surface area contributed by atoms with Crippen LogP contribution in [0.2, 0.25) is 0 Å². The number of nitrogens with zero attached hydrogens (tertiary/aromatic N) is 4. The fourth-order valence-corrected chi connectivity index (χ4v) is 3.40. The Morgan fingerprint density at radius 2 is 2.12 bits per heavy atom. The lowest BCUT2D eigenvalue weighted by atomic mass is 10.0. The molecule has 0 atom stereocenters. The number of nitrogens with one attached hydrogen (secondary N) is 1. The molecule has 10 heteroatoms. The van der Waals surface area contributed by atoms with Crippen LogP contribution in [0.5, 0.6) is 0 Å². The van der Waals surface area contributed by atoms with E-state index in [2.05, 4.69) is 26.3 Å². The lowest BCUT2D eigenvalue weighted by Gasteiger charge is -2.10. The molecule has 2 heterocycles. The number of hydrogen-bond donors (Lipinski definition) is 1. The predicted octanol–water partition coefficient (Wildman–Crippen LogP) is 1.90. The van der Waals surface area contributed by atoms with Crippen LogP contribution in [0.15, 0.2) is 50.2 Å². The highest BCUT2D eigenvalue weighted by molar-refractivity contribution is 7.90. The molecule has 0 radical (unpaired) electrons. The first-order valence-electron chi connectivity index (χ1n) is 7.74. The molecule has 26 heavy (non-hydrogen) atoms. The van der Waals surface area contributed by atoms with Crippen molar-refractivity contribution in [3.63, 3.8) is 0 Å². The van der Waals surface area contributed by atoms with E-state index in [1.807, 2.05) is 4.72 Å². The van der Waals surface area contributed by atoms with Gasteiger partial charge in [0.15, 0.2) is 5.66 Å². The number of carbonyl (C=O) groups excluding carboxylic acids is 1. The van der Waals surface area contributed by atoms with Gasteiger partial charge >= 0.3 is 0 Å². The lowest BCUT2D eigenvalue weighted by molar-refractivity contribution is -0.119. The van der Waals surface area contributed by atoms with Gasteiger partial charge in [0, 0.05) is 31.2 Å². The van der Waals surface area contributed by atoms with Crippen molar-refractivity contribution in [3.05, 3.63) is 30.7 Å². The molecule has 0 saturated carbocycles. The minimum atomic E-state index is -4.02. The van der Waals surface area contributed by atoms with Crippen LogP contribution >= 0.6 is 0 Å². The van der Waals surface area contributed by atoms with Crippen LogP contribution in [0.3, 0.4) is 0 Å². The largest absolute Gasteiger partial charge is 0.423 e. The zero-order valence-electron chi connectivity index (χ0n) is 13.6. The average molecular weight is 373 g/mol. The zero-order valence-corrected chi connectivity index (χ0v) is 14.4. The molecule has 0 aliphatic carbocycles. The van der Waals surface area contributed by atoms with Crippen molar-refractivity contribution in [2.75, 3.05) is 0 Å². The maximum atomic E-state index is 12.4. The quantitative estimate of drug-likeness (QED) is 0.704. The summed E-state index contributed by atoms with van der Waals surface area (Å²) >= 11 is 0. The average Bonchev–Trinajstić information content (AvgIpc) is 3.18. The van der Waals surface area contributed by atoms with Crippen molar-refractivity contribution in [1.29, 1.82) is 0 Å².